The largest absolute Gasteiger partial charge is 0.494 e. The first-order valence-electron chi connectivity index (χ1n) is 5.88. The predicted octanol–water partition coefficient (Wildman–Crippen LogP) is 2.33. The zero-order chi connectivity index (χ0) is 12.5. The lowest BCUT2D eigenvalue weighted by atomic mass is 10.3. The Bertz CT molecular complexity index is 303. The van der Waals surface area contributed by atoms with Crippen molar-refractivity contribution < 1.29 is 4.74 Å². The number of nitrogens with zero attached hydrogens (tertiary/aromatic N) is 1. The van der Waals surface area contributed by atoms with Crippen molar-refractivity contribution in [2.24, 2.45) is 0 Å². The molecule has 0 heterocycles. The fourth-order valence-electron chi connectivity index (χ4n) is 1.45. The van der Waals surface area contributed by atoms with E-state index in [1.165, 1.54) is 5.75 Å². The van der Waals surface area contributed by atoms with Crippen molar-refractivity contribution in [3.05, 3.63) is 24.3 Å². The van der Waals surface area contributed by atoms with Crippen LogP contribution in [0.5, 0.6) is 5.75 Å². The van der Waals surface area contributed by atoms with Gasteiger partial charge in [0.15, 0.2) is 0 Å². The van der Waals surface area contributed by atoms with E-state index in [1.807, 2.05) is 36.0 Å². The van der Waals surface area contributed by atoms with Gasteiger partial charge >= 0.3 is 0 Å². The van der Waals surface area contributed by atoms with Gasteiger partial charge in [-0.15, -0.1) is 0 Å². The summed E-state index contributed by atoms with van der Waals surface area (Å²) in [6, 6.07) is 7.54. The van der Waals surface area contributed by atoms with Gasteiger partial charge in [0, 0.05) is 24.5 Å². The van der Waals surface area contributed by atoms with Gasteiger partial charge in [0.25, 0.3) is 0 Å². The van der Waals surface area contributed by atoms with Crippen LogP contribution in [0.25, 0.3) is 0 Å². The zero-order valence-corrected chi connectivity index (χ0v) is 11.5. The predicted molar refractivity (Wildman–Crippen MR) is 76.8 cm³/mol. The van der Waals surface area contributed by atoms with Gasteiger partial charge in [-0.05, 0) is 44.0 Å². The maximum absolute atomic E-state index is 5.63. The highest BCUT2D eigenvalue weighted by molar-refractivity contribution is 7.98. The normalized spacial score (nSPS) is 10.8. The van der Waals surface area contributed by atoms with E-state index >= 15 is 0 Å². The number of nitrogen functional groups attached to an aromatic ring is 1. The number of nitrogens with two attached hydrogens (primary N) is 1. The van der Waals surface area contributed by atoms with Crippen LogP contribution in [0.2, 0.25) is 0 Å². The lowest BCUT2D eigenvalue weighted by Gasteiger charge is -2.15. The third kappa shape index (κ3) is 6.44. The first-order valence-corrected chi connectivity index (χ1v) is 7.27. The van der Waals surface area contributed by atoms with Gasteiger partial charge in [0.2, 0.25) is 0 Å². The number of anilines is 1. The quantitative estimate of drug-likeness (QED) is 0.571. The smallest absolute Gasteiger partial charge is 0.119 e. The molecule has 0 atom stereocenters. The van der Waals surface area contributed by atoms with E-state index in [0.717, 1.165) is 37.6 Å². The van der Waals surface area contributed by atoms with Gasteiger partial charge in [0.1, 0.15) is 5.75 Å². The molecule has 0 amide bonds. The third-order valence-corrected chi connectivity index (χ3v) is 3.10. The van der Waals surface area contributed by atoms with Gasteiger partial charge in [0.05, 0.1) is 6.61 Å². The van der Waals surface area contributed by atoms with Crippen molar-refractivity contribution in [2.45, 2.75) is 6.42 Å². The Balaban J connectivity index is 2.09. The molecule has 3 nitrogen and oxygen atoms in total. The highest BCUT2D eigenvalue weighted by Crippen LogP contribution is 2.13. The molecule has 0 aliphatic heterocycles. The summed E-state index contributed by atoms with van der Waals surface area (Å²) < 4.78 is 5.63. The average Bonchev–Trinajstić information content (AvgIpc) is 2.34. The second kappa shape index (κ2) is 8.25. The molecular formula is C13H22N2OS. The molecule has 96 valence electrons. The molecule has 0 radical (unpaired) electrons. The zero-order valence-electron chi connectivity index (χ0n) is 10.7. The molecule has 4 heteroatoms. The molecule has 0 fully saturated rings. The maximum atomic E-state index is 5.63. The van der Waals surface area contributed by atoms with E-state index in [-0.39, 0.29) is 0 Å². The fraction of sp³-hybridized carbons (Fsp3) is 0.538. The average molecular weight is 254 g/mol. The summed E-state index contributed by atoms with van der Waals surface area (Å²) in [7, 11) is 2.15. The molecule has 0 aromatic heterocycles. The van der Waals surface area contributed by atoms with Gasteiger partial charge in [-0.2, -0.15) is 11.8 Å². The molecule has 0 bridgehead atoms. The molecule has 0 aliphatic rings. The molecule has 1 aromatic rings. The Morgan fingerprint density at radius 2 is 1.94 bits per heavy atom. The lowest BCUT2D eigenvalue weighted by Crippen LogP contribution is -2.23. The topological polar surface area (TPSA) is 38.5 Å². The van der Waals surface area contributed by atoms with E-state index in [0.29, 0.717) is 0 Å². The Morgan fingerprint density at radius 3 is 2.59 bits per heavy atom. The van der Waals surface area contributed by atoms with Crippen molar-refractivity contribution in [3.63, 3.8) is 0 Å². The molecule has 1 rings (SSSR count). The Hall–Kier alpha value is -0.870. The molecule has 2 N–H and O–H groups in total. The van der Waals surface area contributed by atoms with Gasteiger partial charge < -0.3 is 15.4 Å². The van der Waals surface area contributed by atoms with Crippen LogP contribution in [-0.4, -0.2) is 43.7 Å². The highest BCUT2D eigenvalue weighted by atomic mass is 32.2. The molecule has 1 aromatic carbocycles. The van der Waals surface area contributed by atoms with Crippen LogP contribution >= 0.6 is 11.8 Å². The van der Waals surface area contributed by atoms with E-state index < -0.39 is 0 Å². The lowest BCUT2D eigenvalue weighted by molar-refractivity contribution is 0.269. The van der Waals surface area contributed by atoms with Crippen molar-refractivity contribution in [2.75, 3.05) is 44.5 Å². The van der Waals surface area contributed by atoms with Crippen LogP contribution in [-0.2, 0) is 0 Å². The molecule has 17 heavy (non-hydrogen) atoms. The van der Waals surface area contributed by atoms with Gasteiger partial charge in [-0.3, -0.25) is 0 Å². The summed E-state index contributed by atoms with van der Waals surface area (Å²) in [6.45, 7) is 2.98. The van der Waals surface area contributed by atoms with Crippen molar-refractivity contribution >= 4 is 17.4 Å². The third-order valence-electron chi connectivity index (χ3n) is 2.51. The number of thioether (sulfide) groups is 1. The minimum atomic E-state index is 0.757. The monoisotopic (exact) mass is 254 g/mol. The number of hydrogen-bond donors (Lipinski definition) is 1. The van der Waals surface area contributed by atoms with Crippen LogP contribution in [0, 0.1) is 0 Å². The number of rotatable bonds is 8. The molecular weight excluding hydrogens is 232 g/mol. The minimum Gasteiger partial charge on any atom is -0.494 e. The number of hydrogen-bond acceptors (Lipinski definition) is 4. The van der Waals surface area contributed by atoms with Crippen LogP contribution < -0.4 is 10.5 Å². The van der Waals surface area contributed by atoms with Crippen molar-refractivity contribution in [1.82, 2.24) is 4.90 Å². The van der Waals surface area contributed by atoms with Crippen molar-refractivity contribution in [3.8, 4) is 5.75 Å². The summed E-state index contributed by atoms with van der Waals surface area (Å²) >= 11 is 1.88. The minimum absolute atomic E-state index is 0.757. The number of benzene rings is 1. The van der Waals surface area contributed by atoms with Crippen molar-refractivity contribution in [1.29, 1.82) is 0 Å². The number of ether oxygens (including phenoxy) is 1. The second-order valence-corrected chi connectivity index (χ2v) is 5.05. The van der Waals surface area contributed by atoms with Crippen LogP contribution in [0.1, 0.15) is 6.42 Å². The second-order valence-electron chi connectivity index (χ2n) is 4.07. The molecule has 0 spiro atoms. The van der Waals surface area contributed by atoms with E-state index in [4.69, 9.17) is 10.5 Å². The summed E-state index contributed by atoms with van der Waals surface area (Å²) in [4.78, 5) is 2.34. The summed E-state index contributed by atoms with van der Waals surface area (Å²) in [6.07, 6.45) is 3.19. The van der Waals surface area contributed by atoms with E-state index in [1.54, 1.807) is 0 Å². The molecule has 0 unspecified atom stereocenters. The van der Waals surface area contributed by atoms with Gasteiger partial charge in [-0.25, -0.2) is 0 Å². The molecule has 0 saturated heterocycles. The SMILES string of the molecule is CSCCN(C)CCCOc1ccc(N)cc1. The standard InChI is InChI=1S/C13H22N2OS/c1-15(9-11-17-2)8-3-10-16-13-6-4-12(14)5-7-13/h4-7H,3,8-11,14H2,1-2H3. The summed E-state index contributed by atoms with van der Waals surface area (Å²) in [5, 5.41) is 0. The molecule has 0 saturated carbocycles. The molecule has 0 aliphatic carbocycles. The van der Waals surface area contributed by atoms with E-state index in [2.05, 4.69) is 18.2 Å². The van der Waals surface area contributed by atoms with Crippen LogP contribution in [0.15, 0.2) is 24.3 Å². The van der Waals surface area contributed by atoms with Crippen LogP contribution in [0.4, 0.5) is 5.69 Å². The maximum Gasteiger partial charge on any atom is 0.119 e. The summed E-state index contributed by atoms with van der Waals surface area (Å²) in [5.74, 6) is 2.08. The first kappa shape index (κ1) is 14.2. The Morgan fingerprint density at radius 1 is 1.24 bits per heavy atom. The fourth-order valence-corrected chi connectivity index (χ4v) is 1.94. The van der Waals surface area contributed by atoms with Gasteiger partial charge in [-0.1, -0.05) is 0 Å². The Kier molecular flexibility index (Phi) is 6.89. The first-order chi connectivity index (χ1) is 8.22. The Labute approximate surface area is 108 Å². The highest BCUT2D eigenvalue weighted by Gasteiger charge is 1.98. The van der Waals surface area contributed by atoms with E-state index in [9.17, 15) is 0 Å². The van der Waals surface area contributed by atoms with Crippen LogP contribution in [0.3, 0.4) is 0 Å². The summed E-state index contributed by atoms with van der Waals surface area (Å²) in [5.41, 5.74) is 6.38.